The lowest BCUT2D eigenvalue weighted by molar-refractivity contribution is -0.597. The van der Waals surface area contributed by atoms with Crippen LogP contribution < -0.4 is 21.2 Å². The van der Waals surface area contributed by atoms with Gasteiger partial charge in [-0.05, 0) is 46.2 Å². The molecule has 0 amide bonds. The van der Waals surface area contributed by atoms with Crippen molar-refractivity contribution < 1.29 is 60.5 Å². The molecule has 0 radical (unpaired) electrons. The molecule has 0 saturated heterocycles. The highest BCUT2D eigenvalue weighted by Gasteiger charge is 2.67. The normalized spacial score (nSPS) is 13.5. The first kappa shape index (κ1) is 30.7. The van der Waals surface area contributed by atoms with E-state index in [0.29, 0.717) is 0 Å². The van der Waals surface area contributed by atoms with Gasteiger partial charge in [-0.3, -0.25) is 0 Å². The second-order valence-electron chi connectivity index (χ2n) is 9.50. The number of halogens is 7. The maximum Gasteiger partial charge on any atom is 0.402 e. The van der Waals surface area contributed by atoms with Crippen LogP contribution in [0.1, 0.15) is 52.7 Å². The lowest BCUT2D eigenvalue weighted by Gasteiger charge is -2.27. The van der Waals surface area contributed by atoms with E-state index in [-0.39, 0.29) is 32.0 Å². The van der Waals surface area contributed by atoms with Gasteiger partial charge in [-0.25, -0.2) is 17.2 Å². The minimum Gasteiger partial charge on any atom is -0.743 e. The molecule has 0 aliphatic heterocycles. The largest absolute Gasteiger partial charge is 0.743 e. The van der Waals surface area contributed by atoms with Gasteiger partial charge in [0.25, 0.3) is 0 Å². The zero-order valence-electron chi connectivity index (χ0n) is 19.5. The molecule has 11 heteroatoms. The van der Waals surface area contributed by atoms with E-state index in [1.54, 1.807) is 0 Å². The van der Waals surface area contributed by atoms with Gasteiger partial charge in [-0.2, -0.15) is 17.6 Å². The minimum atomic E-state index is -6.82. The van der Waals surface area contributed by atoms with Crippen LogP contribution in [0.25, 0.3) is 0 Å². The molecule has 0 N–H and O–H groups in total. The second kappa shape index (κ2) is 10.7. The van der Waals surface area contributed by atoms with E-state index < -0.39 is 27.7 Å². The molecule has 0 heterocycles. The molecule has 34 heavy (non-hydrogen) atoms. The van der Waals surface area contributed by atoms with Crippen molar-refractivity contribution in [3.05, 3.63) is 66.8 Å². The Bertz CT molecular complexity index is 985. The smallest absolute Gasteiger partial charge is 0.402 e. The first-order valence-electron chi connectivity index (χ1n) is 9.96. The monoisotopic (exact) mass is 624 g/mol. The van der Waals surface area contributed by atoms with Gasteiger partial charge in [0.15, 0.2) is 17.3 Å². The van der Waals surface area contributed by atoms with Crippen LogP contribution in [0.2, 0.25) is 0 Å². The maximum atomic E-state index is 11.8. The van der Waals surface area contributed by atoms with Crippen molar-refractivity contribution in [2.75, 3.05) is 0 Å². The van der Waals surface area contributed by atoms with Crippen LogP contribution in [0.3, 0.4) is 0 Å². The van der Waals surface area contributed by atoms with Crippen LogP contribution in [-0.4, -0.2) is 30.6 Å². The Morgan fingerprint density at radius 3 is 1.18 bits per heavy atom. The molecule has 3 nitrogen and oxygen atoms in total. The molecule has 2 aromatic rings. The molecule has 0 atom stereocenters. The van der Waals surface area contributed by atoms with Gasteiger partial charge in [0.2, 0.25) is 0 Å². The Morgan fingerprint density at radius 1 is 0.706 bits per heavy atom. The first-order chi connectivity index (χ1) is 15.1. The molecular weight excluding hydrogens is 597 g/mol. The van der Waals surface area contributed by atoms with Crippen molar-refractivity contribution in [2.45, 2.75) is 70.0 Å². The third-order valence-corrected chi connectivity index (χ3v) is 8.20. The quantitative estimate of drug-likeness (QED) is 0.291. The van der Waals surface area contributed by atoms with Gasteiger partial charge in [-0.15, -0.1) is 0 Å². The van der Waals surface area contributed by atoms with E-state index in [9.17, 15) is 39.3 Å². The lowest BCUT2D eigenvalue weighted by atomic mass is 9.87. The summed E-state index contributed by atoms with van der Waals surface area (Å²) in [7, 11) is -6.82. The average molecular weight is 624 g/mol. The summed E-state index contributed by atoms with van der Waals surface area (Å²) in [6, 6.07) is 18.4. The Morgan fingerprint density at radius 2 is 1.00 bits per heavy atom. The predicted molar refractivity (Wildman–Crippen MR) is 113 cm³/mol. The summed E-state index contributed by atoms with van der Waals surface area (Å²) in [4.78, 5) is 0. The van der Waals surface area contributed by atoms with Crippen molar-refractivity contribution >= 4 is 10.1 Å². The Hall–Kier alpha value is -1.34. The topological polar surface area (TPSA) is 57.2 Å². The third kappa shape index (κ3) is 7.84. The van der Waals surface area contributed by atoms with E-state index in [1.807, 2.05) is 0 Å². The van der Waals surface area contributed by atoms with Crippen molar-refractivity contribution in [1.29, 1.82) is 0 Å². The highest BCUT2D eigenvalue weighted by Crippen LogP contribution is 2.42. The number of rotatable bonds is 5. The highest BCUT2D eigenvalue weighted by molar-refractivity contribution is 7.86. The maximum absolute atomic E-state index is 11.8. The van der Waals surface area contributed by atoms with Crippen LogP contribution in [-0.2, 0) is 20.9 Å². The van der Waals surface area contributed by atoms with E-state index in [2.05, 4.69) is 90.1 Å². The van der Waals surface area contributed by atoms with Crippen LogP contribution >= 0.6 is 0 Å². The van der Waals surface area contributed by atoms with Gasteiger partial charge in [0.1, 0.15) is 0 Å². The summed E-state index contributed by atoms with van der Waals surface area (Å²) in [5.41, 5.74) is 3.31. The van der Waals surface area contributed by atoms with Gasteiger partial charge in [-0.1, -0.05) is 65.8 Å². The molecule has 0 bridgehead atoms. The molecule has 0 unspecified atom stereocenters. The Kier molecular flexibility index (Phi) is 9.69. The van der Waals surface area contributed by atoms with Crippen molar-refractivity contribution in [3.63, 3.8) is 0 Å². The molecule has 0 aromatic heterocycles. The van der Waals surface area contributed by atoms with Gasteiger partial charge in [0, 0.05) is 0 Å². The van der Waals surface area contributed by atoms with Crippen LogP contribution in [0, 0.1) is 7.14 Å². The van der Waals surface area contributed by atoms with E-state index in [0.717, 1.165) is 0 Å². The van der Waals surface area contributed by atoms with Crippen molar-refractivity contribution in [2.24, 2.45) is 0 Å². The molecule has 192 valence electrons. The van der Waals surface area contributed by atoms with Gasteiger partial charge < -0.3 is 4.55 Å². The first-order valence-corrected chi connectivity index (χ1v) is 13.5. The Balaban J connectivity index is 0.000000385. The summed E-state index contributed by atoms with van der Waals surface area (Å²) in [6.45, 7) is 13.6. The number of hydrogen-bond acceptors (Lipinski definition) is 3. The van der Waals surface area contributed by atoms with Crippen LogP contribution in [0.5, 0.6) is 0 Å². The molecule has 2 aromatic carbocycles. The fourth-order valence-electron chi connectivity index (χ4n) is 2.45. The summed E-state index contributed by atoms with van der Waals surface area (Å²) in [5.74, 6) is -6.19. The number of hydrogen-bond donors (Lipinski definition) is 0. The fraction of sp³-hybridized carbons (Fsp3) is 0.478. The highest BCUT2D eigenvalue weighted by atomic mass is 127. The molecule has 0 aliphatic carbocycles. The number of alkyl halides is 6. The summed E-state index contributed by atoms with van der Waals surface area (Å²) >= 11 is -0.0703. The standard InChI is InChI=1S/C20H26I.C3H2F6O3S/c1-19(2,3)15-7-11-17(12-8-15)21-18-13-9-16(10-14-18)20(4,5)6;4-1(5)2(6,7)3(8,9)13(10,11)12/h7-14H,1-6H3;1H,(H,10,11,12)/q+1;/p-1. The zero-order valence-corrected chi connectivity index (χ0v) is 22.4. The predicted octanol–water partition coefficient (Wildman–Crippen LogP) is 3.43. The zero-order chi connectivity index (χ0) is 26.8. The summed E-state index contributed by atoms with van der Waals surface area (Å²) < 4.78 is 101. The molecule has 0 fully saturated rings. The molecular formula is C23H27F6IO3S. The van der Waals surface area contributed by atoms with E-state index >= 15 is 0 Å². The molecule has 2 rings (SSSR count). The second-order valence-corrected chi connectivity index (χ2v) is 14.0. The third-order valence-electron chi connectivity index (χ3n) is 4.61. The molecule has 0 aliphatic rings. The minimum absolute atomic E-state index is 0.0703. The van der Waals surface area contributed by atoms with Crippen LogP contribution in [0.15, 0.2) is 48.5 Å². The Labute approximate surface area is 207 Å². The fourth-order valence-corrected chi connectivity index (χ4v) is 5.03. The average Bonchev–Trinajstić information content (AvgIpc) is 2.67. The van der Waals surface area contributed by atoms with Crippen LogP contribution in [0.4, 0.5) is 26.3 Å². The van der Waals surface area contributed by atoms with Gasteiger partial charge in [0.05, 0.1) is 0 Å². The van der Waals surface area contributed by atoms with Gasteiger partial charge >= 0.3 is 38.8 Å². The summed E-state index contributed by atoms with van der Waals surface area (Å²) in [6.07, 6.45) is -4.94. The molecule has 0 saturated carbocycles. The molecule has 0 spiro atoms. The summed E-state index contributed by atoms with van der Waals surface area (Å²) in [5, 5.41) is -6.31. The number of benzene rings is 2. The van der Waals surface area contributed by atoms with E-state index in [1.165, 1.54) is 18.3 Å². The SMILES string of the molecule is CC(C)(C)c1ccc([I+]c2ccc(C(C)(C)C)cc2)cc1.O=S(=O)([O-])C(F)(F)C(F)(F)C(F)F. The van der Waals surface area contributed by atoms with Crippen molar-refractivity contribution in [1.82, 2.24) is 0 Å². The van der Waals surface area contributed by atoms with Crippen molar-refractivity contribution in [3.8, 4) is 0 Å². The lowest BCUT2D eigenvalue weighted by Crippen LogP contribution is -3.61. The van der Waals surface area contributed by atoms with E-state index in [4.69, 9.17) is 0 Å².